The van der Waals surface area contributed by atoms with Gasteiger partial charge in [0.15, 0.2) is 0 Å². The Morgan fingerprint density at radius 1 is 1.31 bits per heavy atom. The van der Waals surface area contributed by atoms with Gasteiger partial charge in [-0.2, -0.15) is 0 Å². The Morgan fingerprint density at radius 3 is 2.50 bits per heavy atom. The van der Waals surface area contributed by atoms with Crippen molar-refractivity contribution in [2.45, 2.75) is 0 Å². The predicted molar refractivity (Wildman–Crippen MR) is 56.4 cm³/mol. The van der Waals surface area contributed by atoms with Gasteiger partial charge in [-0.3, -0.25) is 25.7 Å². The van der Waals surface area contributed by atoms with E-state index in [1.54, 1.807) is 0 Å². The number of nitrogens with one attached hydrogen (secondary N) is 1. The molecular weight excluding hydrogens is 216 g/mol. The van der Waals surface area contributed by atoms with Gasteiger partial charge >= 0.3 is 5.69 Å². The number of nitro benzene ring substituents is 2. The molecule has 0 aliphatic rings. The van der Waals surface area contributed by atoms with Crippen molar-refractivity contribution in [2.75, 3.05) is 5.43 Å². The molecule has 1 N–H and O–H groups in total. The van der Waals surface area contributed by atoms with Crippen LogP contribution in [0.15, 0.2) is 29.9 Å². The Labute approximate surface area is 89.2 Å². The van der Waals surface area contributed by atoms with Crippen LogP contribution in [0.25, 0.3) is 0 Å². The maximum atomic E-state index is 10.6. The summed E-state index contributed by atoms with van der Waals surface area (Å²) in [7, 11) is 0. The zero-order chi connectivity index (χ0) is 12.1. The number of hydrogen-bond donors (Lipinski definition) is 1. The van der Waals surface area contributed by atoms with Gasteiger partial charge in [0.05, 0.1) is 15.9 Å². The van der Waals surface area contributed by atoms with Crippen LogP contribution in [0.4, 0.5) is 17.1 Å². The Hall–Kier alpha value is -2.73. The van der Waals surface area contributed by atoms with Gasteiger partial charge in [0.25, 0.3) is 5.69 Å². The topological polar surface area (TPSA) is 111 Å². The van der Waals surface area contributed by atoms with Crippen LogP contribution >= 0.6 is 0 Å². The summed E-state index contributed by atoms with van der Waals surface area (Å²) in [6.45, 7) is 3.16. The monoisotopic (exact) mass is 222 g/mol. The largest absolute Gasteiger partial charge is 0.301 e. The molecule has 0 amide bonds. The molecule has 0 saturated carbocycles. The zero-order valence-corrected chi connectivity index (χ0v) is 7.91. The number of nitrogens with zero attached hydrogens (tertiary/aromatic N) is 3. The van der Waals surface area contributed by atoms with E-state index in [0.29, 0.717) is 0 Å². The molecule has 0 unspecified atom stereocenters. The van der Waals surface area contributed by atoms with Gasteiger partial charge in [0, 0.05) is 11.9 Å². The van der Waals surface area contributed by atoms with Crippen molar-refractivity contribution in [3.8, 4) is 0 Å². The minimum atomic E-state index is -0.742. The number of non-ortho nitro benzene ring substituents is 1. The Morgan fingerprint density at radius 2 is 2.00 bits per heavy atom. The van der Waals surface area contributed by atoms with Crippen LogP contribution in [0.3, 0.4) is 0 Å². The van der Waals surface area contributed by atoms with Crippen LogP contribution in [-0.4, -0.2) is 15.7 Å². The minimum Gasteiger partial charge on any atom is -0.263 e. The van der Waals surface area contributed by atoms with Gasteiger partial charge in [-0.1, -0.05) is 0 Å². The fourth-order valence-electron chi connectivity index (χ4n) is 0.979. The lowest BCUT2D eigenvalue weighted by Gasteiger charge is -2.00. The van der Waals surface area contributed by atoms with Crippen LogP contribution in [-0.2, 0) is 0 Å². The molecule has 1 aromatic rings. The second-order valence-corrected chi connectivity index (χ2v) is 2.60. The van der Waals surface area contributed by atoms with Crippen LogP contribution in [0.2, 0.25) is 0 Å². The van der Waals surface area contributed by atoms with Gasteiger partial charge in [0.1, 0.15) is 5.69 Å². The van der Waals surface area contributed by atoms with Crippen LogP contribution in [0.1, 0.15) is 0 Å². The summed E-state index contributed by atoms with van der Waals surface area (Å²) in [6, 6.07) is 3.17. The predicted octanol–water partition coefficient (Wildman–Crippen LogP) is 1.69. The van der Waals surface area contributed by atoms with E-state index in [1.165, 1.54) is 6.07 Å². The number of anilines is 1. The molecule has 0 radical (unpaired) electrons. The molecule has 0 bridgehead atoms. The summed E-state index contributed by atoms with van der Waals surface area (Å²) in [5.41, 5.74) is 1.53. The number of rotatable bonds is 4. The number of nitro groups is 2. The van der Waals surface area contributed by atoms with E-state index < -0.39 is 15.5 Å². The molecule has 16 heavy (non-hydrogen) atoms. The molecular formula is C8H6N4O4. The fraction of sp³-hybridized carbons (Fsp3) is 0. The highest BCUT2D eigenvalue weighted by atomic mass is 16.6. The van der Waals surface area contributed by atoms with Gasteiger partial charge in [-0.15, -0.1) is 5.10 Å². The van der Waals surface area contributed by atoms with Crippen LogP contribution < -0.4 is 5.43 Å². The van der Waals surface area contributed by atoms with Gasteiger partial charge in [-0.25, -0.2) is 0 Å². The average Bonchev–Trinajstić information content (AvgIpc) is 2.25. The molecule has 0 heterocycles. The summed E-state index contributed by atoms with van der Waals surface area (Å²) in [6.07, 6.45) is 0. The van der Waals surface area contributed by atoms with Gasteiger partial charge < -0.3 is 0 Å². The van der Waals surface area contributed by atoms with E-state index in [0.717, 1.165) is 12.1 Å². The second-order valence-electron chi connectivity index (χ2n) is 2.60. The van der Waals surface area contributed by atoms with E-state index in [-0.39, 0.29) is 11.4 Å². The zero-order valence-electron chi connectivity index (χ0n) is 7.91. The van der Waals surface area contributed by atoms with E-state index in [9.17, 15) is 20.2 Å². The van der Waals surface area contributed by atoms with Gasteiger partial charge in [-0.05, 0) is 12.6 Å². The van der Waals surface area contributed by atoms with Gasteiger partial charge in [0.2, 0.25) is 0 Å². The Bertz CT molecular complexity index is 493. The maximum Gasteiger partial charge on any atom is 0.301 e. The number of hydrogen-bond acceptors (Lipinski definition) is 6. The second kappa shape index (κ2) is 4.67. The van der Waals surface area contributed by atoms with Crippen molar-refractivity contribution >= 4 is 22.9 Å². The minimum absolute atomic E-state index is 0.0340. The van der Waals surface area contributed by atoms with E-state index in [2.05, 4.69) is 23.0 Å². The maximum absolute atomic E-state index is 10.6. The Kier molecular flexibility index (Phi) is 3.31. The van der Waals surface area contributed by atoms with E-state index in [4.69, 9.17) is 0 Å². The molecule has 82 valence electrons. The molecule has 0 aliphatic carbocycles. The lowest BCUT2D eigenvalue weighted by atomic mass is 10.2. The third kappa shape index (κ3) is 2.40. The first-order chi connectivity index (χ1) is 7.56. The van der Waals surface area contributed by atoms with Crippen molar-refractivity contribution < 1.29 is 9.85 Å². The van der Waals surface area contributed by atoms with E-state index >= 15 is 0 Å². The molecule has 8 nitrogen and oxygen atoms in total. The summed E-state index contributed by atoms with van der Waals surface area (Å²) < 4.78 is 0. The molecule has 0 atom stereocenters. The van der Waals surface area contributed by atoms with Crippen molar-refractivity contribution in [1.82, 2.24) is 0 Å². The summed E-state index contributed by atoms with van der Waals surface area (Å²) in [5, 5.41) is 24.4. The molecule has 0 saturated heterocycles. The normalized spacial score (nSPS) is 9.00. The standard InChI is InChI=1S/C8H6N4O4/c1-2-9-10-7-4-3-6(11(13)14)5-8(7)12(15)16/h3-5,10H,1H2. The van der Waals surface area contributed by atoms with Crippen molar-refractivity contribution in [2.24, 2.45) is 5.10 Å². The highest BCUT2D eigenvalue weighted by molar-refractivity contribution is 5.66. The third-order valence-corrected chi connectivity index (χ3v) is 1.64. The molecule has 1 rings (SSSR count). The van der Waals surface area contributed by atoms with E-state index in [1.807, 2.05) is 0 Å². The summed E-state index contributed by atoms with van der Waals surface area (Å²) >= 11 is 0. The molecule has 1 aromatic carbocycles. The molecule has 8 heteroatoms. The first-order valence-corrected chi connectivity index (χ1v) is 3.97. The summed E-state index contributed by atoms with van der Waals surface area (Å²) in [5.74, 6) is 2.13. The molecule has 0 fully saturated rings. The lowest BCUT2D eigenvalue weighted by molar-refractivity contribution is -0.393. The first kappa shape index (κ1) is 11.3. The Balaban J connectivity index is 3.24. The SMILES string of the molecule is C=C=NNc1ccc([N+](=O)[O-])cc1[N+](=O)[O-]. The number of hydrazone groups is 1. The smallest absolute Gasteiger partial charge is 0.263 e. The first-order valence-electron chi connectivity index (χ1n) is 3.97. The fourth-order valence-corrected chi connectivity index (χ4v) is 0.979. The third-order valence-electron chi connectivity index (χ3n) is 1.64. The highest BCUT2D eigenvalue weighted by Crippen LogP contribution is 2.28. The van der Waals surface area contributed by atoms with Crippen molar-refractivity contribution in [1.29, 1.82) is 0 Å². The lowest BCUT2D eigenvalue weighted by Crippen LogP contribution is -1.97. The average molecular weight is 222 g/mol. The number of benzene rings is 1. The van der Waals surface area contributed by atoms with Crippen molar-refractivity contribution in [3.63, 3.8) is 0 Å². The quantitative estimate of drug-likeness (QED) is 0.473. The van der Waals surface area contributed by atoms with Crippen LogP contribution in [0, 0.1) is 20.2 Å². The molecule has 0 spiro atoms. The molecule has 0 aromatic heterocycles. The van der Waals surface area contributed by atoms with Crippen molar-refractivity contribution in [3.05, 3.63) is 45.0 Å². The summed E-state index contributed by atoms with van der Waals surface area (Å²) in [4.78, 5) is 19.6. The highest BCUT2D eigenvalue weighted by Gasteiger charge is 2.18. The molecule has 0 aliphatic heterocycles. The van der Waals surface area contributed by atoms with Crippen LogP contribution in [0.5, 0.6) is 0 Å².